The maximum absolute atomic E-state index is 12.2. The van der Waals surface area contributed by atoms with Crippen molar-refractivity contribution in [2.24, 2.45) is 0 Å². The fourth-order valence-electron chi connectivity index (χ4n) is 1.98. The molecule has 19 heavy (non-hydrogen) atoms. The molecule has 2 N–H and O–H groups in total. The molecular weight excluding hydrogens is 310 g/mol. The number of hydrogen-bond acceptors (Lipinski definition) is 3. The molecule has 0 spiro atoms. The van der Waals surface area contributed by atoms with Crippen molar-refractivity contribution in [1.82, 2.24) is 14.7 Å². The van der Waals surface area contributed by atoms with Crippen molar-refractivity contribution in [3.63, 3.8) is 0 Å². The lowest BCUT2D eigenvalue weighted by molar-refractivity contribution is 0.0917. The van der Waals surface area contributed by atoms with Gasteiger partial charge in [-0.3, -0.25) is 9.20 Å². The Bertz CT molecular complexity index is 634. The van der Waals surface area contributed by atoms with Gasteiger partial charge in [-0.2, -0.15) is 0 Å². The van der Waals surface area contributed by atoms with Crippen LogP contribution in [0.4, 0.5) is 0 Å². The number of amides is 1. The van der Waals surface area contributed by atoms with Crippen LogP contribution in [0.1, 0.15) is 28.7 Å². The summed E-state index contributed by atoms with van der Waals surface area (Å²) in [4.78, 5) is 16.6. The van der Waals surface area contributed by atoms with Gasteiger partial charge in [-0.1, -0.05) is 0 Å². The Balaban J connectivity index is 2.48. The van der Waals surface area contributed by atoms with Gasteiger partial charge in [0, 0.05) is 17.2 Å². The average Bonchev–Trinajstić information content (AvgIpc) is 2.63. The van der Waals surface area contributed by atoms with Crippen LogP contribution >= 0.6 is 15.9 Å². The monoisotopic (exact) mass is 325 g/mol. The van der Waals surface area contributed by atoms with E-state index in [9.17, 15) is 9.90 Å². The van der Waals surface area contributed by atoms with E-state index in [1.807, 2.05) is 19.2 Å². The highest BCUT2D eigenvalue weighted by atomic mass is 79.9. The summed E-state index contributed by atoms with van der Waals surface area (Å²) >= 11 is 3.42. The molecule has 0 aromatic carbocycles. The minimum absolute atomic E-state index is 0.221. The molecule has 5 nitrogen and oxygen atoms in total. The molecular formula is C13H16BrN3O2. The van der Waals surface area contributed by atoms with E-state index >= 15 is 0 Å². The van der Waals surface area contributed by atoms with E-state index in [-0.39, 0.29) is 12.5 Å². The first-order valence-corrected chi connectivity index (χ1v) is 6.80. The third-order valence-electron chi connectivity index (χ3n) is 2.82. The van der Waals surface area contributed by atoms with Crippen LogP contribution in [0.2, 0.25) is 0 Å². The zero-order valence-electron chi connectivity index (χ0n) is 11.1. The van der Waals surface area contributed by atoms with Crippen molar-refractivity contribution < 1.29 is 9.90 Å². The van der Waals surface area contributed by atoms with Crippen molar-refractivity contribution in [3.05, 3.63) is 33.7 Å². The number of aryl methyl sites for hydroxylation is 2. The van der Waals surface area contributed by atoms with Gasteiger partial charge in [0.05, 0.1) is 11.8 Å². The van der Waals surface area contributed by atoms with Gasteiger partial charge in [0.2, 0.25) is 0 Å². The number of aromatic nitrogens is 2. The quantitative estimate of drug-likeness (QED) is 0.904. The first kappa shape index (κ1) is 14.0. The summed E-state index contributed by atoms with van der Waals surface area (Å²) in [6.07, 6.45) is 1.25. The predicted molar refractivity (Wildman–Crippen MR) is 76.4 cm³/mol. The lowest BCUT2D eigenvalue weighted by atomic mass is 10.3. The second-order valence-electron chi connectivity index (χ2n) is 4.64. The highest BCUT2D eigenvalue weighted by Crippen LogP contribution is 2.20. The predicted octanol–water partition coefficient (Wildman–Crippen LogP) is 1.82. The summed E-state index contributed by atoms with van der Waals surface area (Å²) < 4.78 is 2.66. The Labute approximate surface area is 119 Å². The first-order chi connectivity index (χ1) is 8.90. The van der Waals surface area contributed by atoms with Crippen LogP contribution in [0, 0.1) is 13.8 Å². The summed E-state index contributed by atoms with van der Waals surface area (Å²) in [7, 11) is 0. The lowest BCUT2D eigenvalue weighted by Crippen LogP contribution is -2.31. The molecule has 102 valence electrons. The molecule has 0 aliphatic heterocycles. The van der Waals surface area contributed by atoms with Gasteiger partial charge in [0.1, 0.15) is 11.3 Å². The third kappa shape index (κ3) is 2.79. The summed E-state index contributed by atoms with van der Waals surface area (Å²) in [6.45, 7) is 5.60. The molecule has 6 heteroatoms. The SMILES string of the molecule is Cc1nc2c(C)cc(Br)cn2c1C(=O)NCC(C)O. The molecule has 0 radical (unpaired) electrons. The Morgan fingerprint density at radius 3 is 2.89 bits per heavy atom. The number of nitrogens with one attached hydrogen (secondary N) is 1. The van der Waals surface area contributed by atoms with Crippen molar-refractivity contribution in [2.45, 2.75) is 26.9 Å². The zero-order chi connectivity index (χ0) is 14.2. The van der Waals surface area contributed by atoms with Gasteiger partial charge in [-0.05, 0) is 48.3 Å². The maximum atomic E-state index is 12.2. The van der Waals surface area contributed by atoms with E-state index in [4.69, 9.17) is 0 Å². The van der Waals surface area contributed by atoms with E-state index in [2.05, 4.69) is 26.2 Å². The molecule has 0 saturated heterocycles. The van der Waals surface area contributed by atoms with Gasteiger partial charge in [0.25, 0.3) is 5.91 Å². The number of carbonyl (C=O) groups is 1. The smallest absolute Gasteiger partial charge is 0.270 e. The number of halogens is 1. The van der Waals surface area contributed by atoms with Crippen LogP contribution < -0.4 is 5.32 Å². The van der Waals surface area contributed by atoms with Crippen molar-refractivity contribution >= 4 is 27.5 Å². The molecule has 2 aromatic rings. The third-order valence-corrected chi connectivity index (χ3v) is 3.25. The molecule has 0 fully saturated rings. The molecule has 1 atom stereocenters. The molecule has 2 heterocycles. The Kier molecular flexibility index (Phi) is 3.91. The normalized spacial score (nSPS) is 12.7. The van der Waals surface area contributed by atoms with Gasteiger partial charge in [0.15, 0.2) is 0 Å². The maximum Gasteiger partial charge on any atom is 0.270 e. The van der Waals surface area contributed by atoms with Crippen LogP contribution in [0.5, 0.6) is 0 Å². The summed E-state index contributed by atoms with van der Waals surface area (Å²) in [5.41, 5.74) is 2.93. The standard InChI is InChI=1S/C13H16BrN3O2/c1-7-4-10(14)6-17-11(9(3)16-12(7)17)13(19)15-5-8(2)18/h4,6,8,18H,5H2,1-3H3,(H,15,19). The molecule has 1 amide bonds. The number of hydrogen-bond donors (Lipinski definition) is 2. The van der Waals surface area contributed by atoms with Crippen LogP contribution in [0.15, 0.2) is 16.7 Å². The lowest BCUT2D eigenvalue weighted by Gasteiger charge is -2.08. The van der Waals surface area contributed by atoms with Gasteiger partial charge < -0.3 is 10.4 Å². The van der Waals surface area contributed by atoms with Crippen LogP contribution in [-0.2, 0) is 0 Å². The number of aliphatic hydroxyl groups excluding tert-OH is 1. The van der Waals surface area contributed by atoms with Crippen LogP contribution in [0.25, 0.3) is 5.65 Å². The van der Waals surface area contributed by atoms with Gasteiger partial charge in [-0.15, -0.1) is 0 Å². The average molecular weight is 326 g/mol. The molecule has 0 saturated carbocycles. The second-order valence-corrected chi connectivity index (χ2v) is 5.56. The number of carbonyl (C=O) groups excluding carboxylic acids is 1. The number of fused-ring (bicyclic) bond motifs is 1. The largest absolute Gasteiger partial charge is 0.392 e. The van der Waals surface area contributed by atoms with Crippen molar-refractivity contribution in [2.75, 3.05) is 6.54 Å². The molecule has 2 aromatic heterocycles. The number of rotatable bonds is 3. The molecule has 1 unspecified atom stereocenters. The Hall–Kier alpha value is -1.40. The minimum Gasteiger partial charge on any atom is -0.392 e. The van der Waals surface area contributed by atoms with Gasteiger partial charge in [-0.25, -0.2) is 4.98 Å². The van der Waals surface area contributed by atoms with Crippen molar-refractivity contribution in [3.8, 4) is 0 Å². The highest BCUT2D eigenvalue weighted by Gasteiger charge is 2.18. The Morgan fingerprint density at radius 2 is 2.26 bits per heavy atom. The number of nitrogens with zero attached hydrogens (tertiary/aromatic N) is 2. The van der Waals surface area contributed by atoms with E-state index in [0.717, 1.165) is 15.7 Å². The summed E-state index contributed by atoms with van der Waals surface area (Å²) in [6, 6.07) is 1.96. The van der Waals surface area contributed by atoms with E-state index in [1.54, 1.807) is 18.2 Å². The summed E-state index contributed by atoms with van der Waals surface area (Å²) in [5, 5.41) is 11.9. The topological polar surface area (TPSA) is 66.6 Å². The highest BCUT2D eigenvalue weighted by molar-refractivity contribution is 9.10. The minimum atomic E-state index is -0.572. The number of imidazole rings is 1. The first-order valence-electron chi connectivity index (χ1n) is 6.01. The second kappa shape index (κ2) is 5.30. The van der Waals surface area contributed by atoms with E-state index in [1.165, 1.54) is 0 Å². The zero-order valence-corrected chi connectivity index (χ0v) is 12.7. The van der Waals surface area contributed by atoms with Crippen LogP contribution in [-0.4, -0.2) is 33.0 Å². The van der Waals surface area contributed by atoms with Crippen molar-refractivity contribution in [1.29, 1.82) is 0 Å². The number of pyridine rings is 1. The molecule has 2 rings (SSSR count). The fraction of sp³-hybridized carbons (Fsp3) is 0.385. The Morgan fingerprint density at radius 1 is 1.58 bits per heavy atom. The molecule has 0 bridgehead atoms. The van der Waals surface area contributed by atoms with E-state index in [0.29, 0.717) is 11.4 Å². The summed E-state index contributed by atoms with van der Waals surface area (Å²) in [5.74, 6) is -0.233. The number of aliphatic hydroxyl groups is 1. The fourth-order valence-corrected chi connectivity index (χ4v) is 2.53. The molecule has 0 aliphatic rings. The van der Waals surface area contributed by atoms with E-state index < -0.39 is 6.10 Å². The molecule has 0 aliphatic carbocycles. The van der Waals surface area contributed by atoms with Crippen LogP contribution in [0.3, 0.4) is 0 Å². The van der Waals surface area contributed by atoms with Gasteiger partial charge >= 0.3 is 0 Å².